The van der Waals surface area contributed by atoms with Gasteiger partial charge in [0.15, 0.2) is 0 Å². The van der Waals surface area contributed by atoms with E-state index in [9.17, 15) is 4.39 Å². The van der Waals surface area contributed by atoms with Gasteiger partial charge in [0, 0.05) is 10.6 Å². The summed E-state index contributed by atoms with van der Waals surface area (Å²) in [6.45, 7) is 4.00. The van der Waals surface area contributed by atoms with Gasteiger partial charge in [0.1, 0.15) is 23.5 Å². The quantitative estimate of drug-likeness (QED) is 0.576. The molecule has 2 aromatic rings. The average Bonchev–Trinajstić information content (AvgIpc) is 2.54. The molecule has 0 aliphatic heterocycles. The van der Waals surface area contributed by atoms with Crippen LogP contribution >= 0.6 is 11.8 Å². The second-order valence-corrected chi connectivity index (χ2v) is 6.21. The number of benzene rings is 2. The Labute approximate surface area is 139 Å². The molecule has 0 radical (unpaired) electrons. The number of halogens is 1. The minimum atomic E-state index is -0.242. The van der Waals surface area contributed by atoms with Gasteiger partial charge in [-0.25, -0.2) is 4.39 Å². The summed E-state index contributed by atoms with van der Waals surface area (Å²) < 4.78 is 12.9. The molecule has 0 spiro atoms. The molecular formula is C19H15FN2S. The number of hydrogen-bond donors (Lipinski definition) is 0. The van der Waals surface area contributed by atoms with Crippen LogP contribution in [0.4, 0.5) is 4.39 Å². The molecule has 0 heterocycles. The van der Waals surface area contributed by atoms with Crippen LogP contribution in [-0.2, 0) is 5.75 Å². The van der Waals surface area contributed by atoms with Crippen LogP contribution < -0.4 is 0 Å². The summed E-state index contributed by atoms with van der Waals surface area (Å²) in [7, 11) is 0. The highest BCUT2D eigenvalue weighted by molar-refractivity contribution is 7.98. The van der Waals surface area contributed by atoms with Crippen molar-refractivity contribution in [2.75, 3.05) is 0 Å². The molecule has 0 fully saturated rings. The Morgan fingerprint density at radius 1 is 1.09 bits per heavy atom. The molecule has 0 aliphatic rings. The third kappa shape index (κ3) is 4.45. The van der Waals surface area contributed by atoms with Crippen molar-refractivity contribution in [1.29, 1.82) is 10.5 Å². The lowest BCUT2D eigenvalue weighted by Crippen LogP contribution is -1.92. The third-order valence-electron chi connectivity index (χ3n) is 3.47. The number of allylic oxidation sites excluding steroid dienone is 1. The molecular weight excluding hydrogens is 307 g/mol. The third-order valence-corrected chi connectivity index (χ3v) is 4.53. The van der Waals surface area contributed by atoms with E-state index in [0.717, 1.165) is 32.9 Å². The van der Waals surface area contributed by atoms with Gasteiger partial charge >= 0.3 is 0 Å². The molecule has 114 valence electrons. The number of rotatable bonds is 4. The summed E-state index contributed by atoms with van der Waals surface area (Å²) in [6.07, 6.45) is 1.61. The van der Waals surface area contributed by atoms with Gasteiger partial charge in [-0.05, 0) is 66.4 Å². The normalized spacial score (nSPS) is 9.78. The summed E-state index contributed by atoms with van der Waals surface area (Å²) in [5.74, 6) is 0.501. The molecule has 0 aliphatic carbocycles. The number of thioether (sulfide) groups is 1. The number of aryl methyl sites for hydroxylation is 2. The molecule has 2 nitrogen and oxygen atoms in total. The van der Waals surface area contributed by atoms with Crippen LogP contribution in [0.5, 0.6) is 0 Å². The Morgan fingerprint density at radius 2 is 1.74 bits per heavy atom. The van der Waals surface area contributed by atoms with Crippen LogP contribution in [0.15, 0.2) is 46.9 Å². The van der Waals surface area contributed by atoms with Gasteiger partial charge in [-0.15, -0.1) is 11.8 Å². The highest BCUT2D eigenvalue weighted by Gasteiger charge is 2.06. The van der Waals surface area contributed by atoms with E-state index >= 15 is 0 Å². The van der Waals surface area contributed by atoms with Gasteiger partial charge in [-0.3, -0.25) is 0 Å². The highest BCUT2D eigenvalue weighted by Crippen LogP contribution is 2.27. The molecule has 0 saturated heterocycles. The maximum absolute atomic E-state index is 12.9. The zero-order valence-corrected chi connectivity index (χ0v) is 13.7. The van der Waals surface area contributed by atoms with Crippen LogP contribution in [0.3, 0.4) is 0 Å². The van der Waals surface area contributed by atoms with Crippen molar-refractivity contribution >= 4 is 17.8 Å². The standard InChI is InChI=1S/C19H15FN2S/c1-13-7-14(2)17(9-16(13)8-15(10-21)11-22)12-23-19-5-3-18(20)4-6-19/h3-9H,12H2,1-2H3. The first-order chi connectivity index (χ1) is 11.0. The Bertz CT molecular complexity index is 808. The van der Waals surface area contributed by atoms with E-state index in [1.807, 2.05) is 32.1 Å². The lowest BCUT2D eigenvalue weighted by molar-refractivity contribution is 0.626. The number of nitriles is 2. The molecule has 0 unspecified atom stereocenters. The van der Waals surface area contributed by atoms with E-state index in [4.69, 9.17) is 10.5 Å². The van der Waals surface area contributed by atoms with E-state index in [-0.39, 0.29) is 11.4 Å². The summed E-state index contributed by atoms with van der Waals surface area (Å²) in [5, 5.41) is 17.8. The first kappa shape index (κ1) is 16.8. The molecule has 4 heteroatoms. The summed E-state index contributed by atoms with van der Waals surface area (Å²) in [4.78, 5) is 0.998. The van der Waals surface area contributed by atoms with Crippen molar-refractivity contribution in [1.82, 2.24) is 0 Å². The van der Waals surface area contributed by atoms with E-state index in [2.05, 4.69) is 6.07 Å². The zero-order chi connectivity index (χ0) is 16.8. The van der Waals surface area contributed by atoms with Gasteiger partial charge in [0.2, 0.25) is 0 Å². The number of hydrogen-bond acceptors (Lipinski definition) is 3. The number of nitrogens with zero attached hydrogens (tertiary/aromatic N) is 2. The van der Waals surface area contributed by atoms with Gasteiger partial charge in [-0.2, -0.15) is 10.5 Å². The van der Waals surface area contributed by atoms with Crippen LogP contribution in [0.1, 0.15) is 22.3 Å². The van der Waals surface area contributed by atoms with E-state index in [1.54, 1.807) is 30.0 Å². The van der Waals surface area contributed by atoms with Crippen LogP contribution in [-0.4, -0.2) is 0 Å². The molecule has 23 heavy (non-hydrogen) atoms. The van der Waals surface area contributed by atoms with Gasteiger partial charge in [-0.1, -0.05) is 12.1 Å². The Hall–Kier alpha value is -2.56. The fourth-order valence-corrected chi connectivity index (χ4v) is 3.13. The molecule has 0 aromatic heterocycles. The largest absolute Gasteiger partial charge is 0.207 e. The molecule has 0 amide bonds. The Balaban J connectivity index is 2.25. The first-order valence-electron chi connectivity index (χ1n) is 7.04. The summed E-state index contributed by atoms with van der Waals surface area (Å²) >= 11 is 1.62. The van der Waals surface area contributed by atoms with Crippen LogP contribution in [0, 0.1) is 42.3 Å². The molecule has 2 aromatic carbocycles. The Kier molecular flexibility index (Phi) is 5.57. The maximum atomic E-state index is 12.9. The molecule has 2 rings (SSSR count). The van der Waals surface area contributed by atoms with E-state index < -0.39 is 0 Å². The summed E-state index contributed by atoms with van der Waals surface area (Å²) in [5.41, 5.74) is 4.29. The predicted molar refractivity (Wildman–Crippen MR) is 91.1 cm³/mol. The van der Waals surface area contributed by atoms with Crippen molar-refractivity contribution < 1.29 is 4.39 Å². The smallest absolute Gasteiger partial charge is 0.130 e. The van der Waals surface area contributed by atoms with E-state index in [0.29, 0.717) is 0 Å². The Morgan fingerprint density at radius 3 is 2.35 bits per heavy atom. The fourth-order valence-electron chi connectivity index (χ4n) is 2.16. The lowest BCUT2D eigenvalue weighted by atomic mass is 9.99. The monoisotopic (exact) mass is 322 g/mol. The molecule has 0 bridgehead atoms. The minimum Gasteiger partial charge on any atom is -0.207 e. The van der Waals surface area contributed by atoms with Crippen molar-refractivity contribution in [2.24, 2.45) is 0 Å². The van der Waals surface area contributed by atoms with Crippen molar-refractivity contribution in [2.45, 2.75) is 24.5 Å². The van der Waals surface area contributed by atoms with Crippen molar-refractivity contribution in [3.8, 4) is 12.1 Å². The highest BCUT2D eigenvalue weighted by atomic mass is 32.2. The lowest BCUT2D eigenvalue weighted by Gasteiger charge is -2.10. The van der Waals surface area contributed by atoms with Crippen LogP contribution in [0.2, 0.25) is 0 Å². The minimum absolute atomic E-state index is 0.0918. The molecule has 0 saturated carbocycles. The average molecular weight is 322 g/mol. The fraction of sp³-hybridized carbons (Fsp3) is 0.158. The van der Waals surface area contributed by atoms with E-state index in [1.165, 1.54) is 12.1 Å². The maximum Gasteiger partial charge on any atom is 0.130 e. The van der Waals surface area contributed by atoms with Crippen molar-refractivity contribution in [3.63, 3.8) is 0 Å². The molecule has 0 atom stereocenters. The molecule has 0 N–H and O–H groups in total. The zero-order valence-electron chi connectivity index (χ0n) is 12.9. The first-order valence-corrected chi connectivity index (χ1v) is 8.02. The van der Waals surface area contributed by atoms with Gasteiger partial charge in [0.25, 0.3) is 0 Å². The predicted octanol–water partition coefficient (Wildman–Crippen LogP) is 5.17. The second kappa shape index (κ2) is 7.63. The van der Waals surface area contributed by atoms with Crippen molar-refractivity contribution in [3.05, 3.63) is 70.0 Å². The topological polar surface area (TPSA) is 47.6 Å². The van der Waals surface area contributed by atoms with Crippen LogP contribution in [0.25, 0.3) is 6.08 Å². The second-order valence-electron chi connectivity index (χ2n) is 5.16. The SMILES string of the molecule is Cc1cc(C)c(CSc2ccc(F)cc2)cc1C=C(C#N)C#N. The van der Waals surface area contributed by atoms with Gasteiger partial charge in [0.05, 0.1) is 0 Å². The van der Waals surface area contributed by atoms with Gasteiger partial charge < -0.3 is 0 Å². The summed E-state index contributed by atoms with van der Waals surface area (Å²) in [6, 6.07) is 14.2.